The van der Waals surface area contributed by atoms with E-state index in [0.717, 1.165) is 30.7 Å². The van der Waals surface area contributed by atoms with Gasteiger partial charge < -0.3 is 10.1 Å². The largest absolute Gasteiger partial charge is 0.378 e. The van der Waals surface area contributed by atoms with Crippen molar-refractivity contribution in [1.82, 2.24) is 10.0 Å². The fourth-order valence-electron chi connectivity index (χ4n) is 2.20. The van der Waals surface area contributed by atoms with Gasteiger partial charge >= 0.3 is 0 Å². The van der Waals surface area contributed by atoms with E-state index in [9.17, 15) is 8.42 Å². The molecular formula is C14H24N2O3S2. The molecule has 1 atom stereocenters. The highest BCUT2D eigenvalue weighted by Gasteiger charge is 2.19. The molecule has 1 aromatic heterocycles. The first-order chi connectivity index (χ1) is 9.97. The van der Waals surface area contributed by atoms with Gasteiger partial charge in [0.2, 0.25) is 10.0 Å². The molecule has 1 saturated heterocycles. The number of hydrogen-bond acceptors (Lipinski definition) is 5. The molecule has 1 aliphatic rings. The lowest BCUT2D eigenvalue weighted by atomic mass is 10.2. The van der Waals surface area contributed by atoms with E-state index in [2.05, 4.69) is 23.9 Å². The zero-order valence-corrected chi connectivity index (χ0v) is 14.2. The van der Waals surface area contributed by atoms with Crippen molar-refractivity contribution in [2.75, 3.05) is 13.2 Å². The Morgan fingerprint density at radius 3 is 2.90 bits per heavy atom. The molecule has 7 heteroatoms. The highest BCUT2D eigenvalue weighted by Crippen LogP contribution is 2.22. The molecule has 0 aromatic carbocycles. The van der Waals surface area contributed by atoms with Crippen molar-refractivity contribution in [3.8, 4) is 0 Å². The molecule has 0 saturated carbocycles. The molecule has 1 fully saturated rings. The molecule has 2 rings (SSSR count). The minimum absolute atomic E-state index is 0.210. The van der Waals surface area contributed by atoms with Crippen LogP contribution in [0.4, 0.5) is 0 Å². The standard InChI is InChI=1S/C14H24N2O3S2/c1-11(2)15-10-13-5-6-14(20-13)21(17,18)16-8-7-12-4-3-9-19-12/h5-6,11-12,15-16H,3-4,7-10H2,1-2H3. The summed E-state index contributed by atoms with van der Waals surface area (Å²) in [6.45, 7) is 6.07. The maximum atomic E-state index is 12.2. The van der Waals surface area contributed by atoms with Crippen LogP contribution in [0, 0.1) is 0 Å². The molecule has 0 amide bonds. The number of sulfonamides is 1. The highest BCUT2D eigenvalue weighted by molar-refractivity contribution is 7.91. The molecule has 0 spiro atoms. The van der Waals surface area contributed by atoms with Crippen molar-refractivity contribution in [2.24, 2.45) is 0 Å². The predicted molar refractivity (Wildman–Crippen MR) is 85.1 cm³/mol. The number of thiophene rings is 1. The second-order valence-corrected chi connectivity index (χ2v) is 8.74. The van der Waals surface area contributed by atoms with Crippen molar-refractivity contribution in [1.29, 1.82) is 0 Å². The van der Waals surface area contributed by atoms with E-state index in [1.807, 2.05) is 6.07 Å². The van der Waals surface area contributed by atoms with Crippen molar-refractivity contribution in [3.05, 3.63) is 17.0 Å². The average Bonchev–Trinajstić information content (AvgIpc) is 3.07. The van der Waals surface area contributed by atoms with Gasteiger partial charge in [0.1, 0.15) is 4.21 Å². The van der Waals surface area contributed by atoms with E-state index in [-0.39, 0.29) is 6.10 Å². The zero-order valence-electron chi connectivity index (χ0n) is 12.6. The topological polar surface area (TPSA) is 67.4 Å². The van der Waals surface area contributed by atoms with Gasteiger partial charge in [-0.1, -0.05) is 13.8 Å². The van der Waals surface area contributed by atoms with Gasteiger partial charge in [0.25, 0.3) is 0 Å². The summed E-state index contributed by atoms with van der Waals surface area (Å²) in [5.41, 5.74) is 0. The number of rotatable bonds is 8. The van der Waals surface area contributed by atoms with Crippen molar-refractivity contribution in [2.45, 2.75) is 56.0 Å². The lowest BCUT2D eigenvalue weighted by Crippen LogP contribution is -2.26. The molecule has 0 radical (unpaired) electrons. The van der Waals surface area contributed by atoms with Crippen LogP contribution in [0.15, 0.2) is 16.3 Å². The van der Waals surface area contributed by atoms with Gasteiger partial charge in [-0.2, -0.15) is 0 Å². The highest BCUT2D eigenvalue weighted by atomic mass is 32.2. The van der Waals surface area contributed by atoms with E-state index >= 15 is 0 Å². The molecule has 120 valence electrons. The SMILES string of the molecule is CC(C)NCc1ccc(S(=O)(=O)NCCC2CCCO2)s1. The lowest BCUT2D eigenvalue weighted by molar-refractivity contribution is 0.105. The van der Waals surface area contributed by atoms with Crippen LogP contribution in [-0.4, -0.2) is 33.7 Å². The van der Waals surface area contributed by atoms with Crippen molar-refractivity contribution >= 4 is 21.4 Å². The van der Waals surface area contributed by atoms with Gasteiger partial charge in [-0.3, -0.25) is 0 Å². The minimum Gasteiger partial charge on any atom is -0.378 e. The van der Waals surface area contributed by atoms with E-state index in [1.165, 1.54) is 11.3 Å². The number of ether oxygens (including phenoxy) is 1. The second kappa shape index (κ2) is 7.69. The Balaban J connectivity index is 1.83. The third kappa shape index (κ3) is 5.34. The summed E-state index contributed by atoms with van der Waals surface area (Å²) in [5, 5.41) is 3.29. The maximum absolute atomic E-state index is 12.2. The number of nitrogens with one attached hydrogen (secondary N) is 2. The Morgan fingerprint density at radius 2 is 2.24 bits per heavy atom. The monoisotopic (exact) mass is 332 g/mol. The first-order valence-corrected chi connectivity index (χ1v) is 9.71. The quantitative estimate of drug-likeness (QED) is 0.765. The normalized spacial score (nSPS) is 19.5. The third-order valence-corrected chi connectivity index (χ3v) is 6.41. The Bertz CT molecular complexity index is 534. The van der Waals surface area contributed by atoms with E-state index in [0.29, 0.717) is 23.3 Å². The van der Waals surface area contributed by atoms with Crippen LogP contribution >= 0.6 is 11.3 Å². The summed E-state index contributed by atoms with van der Waals surface area (Å²) in [7, 11) is -3.38. The predicted octanol–water partition coefficient (Wildman–Crippen LogP) is 2.09. The molecule has 0 aliphatic carbocycles. The van der Waals surface area contributed by atoms with Gasteiger partial charge in [-0.25, -0.2) is 13.1 Å². The second-order valence-electron chi connectivity index (χ2n) is 5.58. The molecule has 5 nitrogen and oxygen atoms in total. The molecule has 1 aromatic rings. The van der Waals surface area contributed by atoms with Gasteiger partial charge in [0, 0.05) is 30.6 Å². The first-order valence-electron chi connectivity index (χ1n) is 7.41. The Kier molecular flexibility index (Phi) is 6.19. The van der Waals surface area contributed by atoms with Crippen LogP contribution in [0.2, 0.25) is 0 Å². The molecule has 1 aliphatic heterocycles. The summed E-state index contributed by atoms with van der Waals surface area (Å²) in [5.74, 6) is 0. The van der Waals surface area contributed by atoms with Crippen LogP contribution < -0.4 is 10.0 Å². The van der Waals surface area contributed by atoms with Gasteiger partial charge in [0.15, 0.2) is 0 Å². The molecule has 2 heterocycles. The summed E-state index contributed by atoms with van der Waals surface area (Å²) in [4.78, 5) is 1.03. The fraction of sp³-hybridized carbons (Fsp3) is 0.714. The minimum atomic E-state index is -3.38. The Morgan fingerprint density at radius 1 is 1.43 bits per heavy atom. The van der Waals surface area contributed by atoms with Gasteiger partial charge in [-0.05, 0) is 31.4 Å². The Hall–Kier alpha value is -0.470. The van der Waals surface area contributed by atoms with Crippen LogP contribution in [0.3, 0.4) is 0 Å². The van der Waals surface area contributed by atoms with Crippen molar-refractivity contribution in [3.63, 3.8) is 0 Å². The third-order valence-electron chi connectivity index (χ3n) is 3.37. The van der Waals surface area contributed by atoms with Crippen LogP contribution in [0.1, 0.15) is 38.0 Å². The van der Waals surface area contributed by atoms with Gasteiger partial charge in [0.05, 0.1) is 6.10 Å². The van der Waals surface area contributed by atoms with Crippen LogP contribution in [0.25, 0.3) is 0 Å². The van der Waals surface area contributed by atoms with E-state index in [4.69, 9.17) is 4.74 Å². The smallest absolute Gasteiger partial charge is 0.250 e. The molecule has 2 N–H and O–H groups in total. The maximum Gasteiger partial charge on any atom is 0.250 e. The fourth-order valence-corrected chi connectivity index (χ4v) is 4.60. The zero-order chi connectivity index (χ0) is 15.3. The first kappa shape index (κ1) is 16.9. The Labute approximate surface area is 131 Å². The molecule has 21 heavy (non-hydrogen) atoms. The lowest BCUT2D eigenvalue weighted by Gasteiger charge is -2.09. The summed E-state index contributed by atoms with van der Waals surface area (Å²) in [6.07, 6.45) is 3.06. The summed E-state index contributed by atoms with van der Waals surface area (Å²) in [6, 6.07) is 3.93. The molecular weight excluding hydrogens is 308 g/mol. The summed E-state index contributed by atoms with van der Waals surface area (Å²) < 4.78 is 32.9. The van der Waals surface area contributed by atoms with Crippen molar-refractivity contribution < 1.29 is 13.2 Å². The molecule has 1 unspecified atom stereocenters. The van der Waals surface area contributed by atoms with Crippen LogP contribution in [0.5, 0.6) is 0 Å². The number of hydrogen-bond donors (Lipinski definition) is 2. The van der Waals surface area contributed by atoms with Crippen LogP contribution in [-0.2, 0) is 21.3 Å². The molecule has 0 bridgehead atoms. The van der Waals surface area contributed by atoms with Gasteiger partial charge in [-0.15, -0.1) is 11.3 Å². The summed E-state index contributed by atoms with van der Waals surface area (Å²) >= 11 is 1.32. The van der Waals surface area contributed by atoms with E-state index in [1.54, 1.807) is 6.07 Å². The van der Waals surface area contributed by atoms with E-state index < -0.39 is 10.0 Å². The average molecular weight is 332 g/mol.